The zero-order chi connectivity index (χ0) is 37.0. The molecule has 5 aromatic rings. The molecule has 0 bridgehead atoms. The van der Waals surface area contributed by atoms with E-state index in [9.17, 15) is 14.4 Å². The third-order valence-corrected chi connectivity index (χ3v) is 8.68. The van der Waals surface area contributed by atoms with E-state index in [2.05, 4.69) is 29.5 Å². The van der Waals surface area contributed by atoms with Gasteiger partial charge < -0.3 is 24.1 Å². The molecule has 0 spiro atoms. The van der Waals surface area contributed by atoms with Crippen LogP contribution in [0, 0.1) is 11.3 Å². The summed E-state index contributed by atoms with van der Waals surface area (Å²) in [5, 5.41) is 14.1. The van der Waals surface area contributed by atoms with Gasteiger partial charge in [-0.2, -0.15) is 0 Å². The Morgan fingerprint density at radius 3 is 2.33 bits per heavy atom. The van der Waals surface area contributed by atoms with Gasteiger partial charge >= 0.3 is 12.1 Å². The van der Waals surface area contributed by atoms with Crippen LogP contribution in [0.4, 0.5) is 16.3 Å². The first kappa shape index (κ1) is 37.0. The number of methoxy groups -OCH3 is 1. The minimum atomic E-state index is -0.639. The molecule has 0 atom stereocenters. The number of para-hydroxylation sites is 2. The molecular weight excluding hydrogens is 662 g/mol. The number of hydrogen-bond acceptors (Lipinski definition) is 10. The van der Waals surface area contributed by atoms with Crippen LogP contribution >= 0.6 is 0 Å². The van der Waals surface area contributed by atoms with Gasteiger partial charge in [0, 0.05) is 36.6 Å². The quantitative estimate of drug-likeness (QED) is 0.0465. The predicted octanol–water partition coefficient (Wildman–Crippen LogP) is 6.72. The second-order valence-electron chi connectivity index (χ2n) is 12.0. The molecule has 0 unspecified atom stereocenters. The highest BCUT2D eigenvalue weighted by atomic mass is 16.6. The summed E-state index contributed by atoms with van der Waals surface area (Å²) in [7, 11) is 3.40. The van der Waals surface area contributed by atoms with Crippen LogP contribution in [0.2, 0.25) is 0 Å². The van der Waals surface area contributed by atoms with Crippen molar-refractivity contribution < 1.29 is 28.6 Å². The van der Waals surface area contributed by atoms with Gasteiger partial charge in [0.2, 0.25) is 0 Å². The number of hydrogen-bond donors (Lipinski definition) is 3. The van der Waals surface area contributed by atoms with Crippen molar-refractivity contribution in [1.82, 2.24) is 19.9 Å². The molecule has 5 rings (SSSR count). The Morgan fingerprint density at radius 2 is 1.63 bits per heavy atom. The normalized spacial score (nSPS) is 10.9. The molecule has 3 N–H and O–H groups in total. The highest BCUT2D eigenvalue weighted by Gasteiger charge is 2.22. The average molecular weight is 706 g/mol. The van der Waals surface area contributed by atoms with E-state index >= 15 is 0 Å². The van der Waals surface area contributed by atoms with Crippen LogP contribution in [0.1, 0.15) is 54.9 Å². The fourth-order valence-corrected chi connectivity index (χ4v) is 5.47. The summed E-state index contributed by atoms with van der Waals surface area (Å²) in [4.78, 5) is 49.5. The summed E-state index contributed by atoms with van der Waals surface area (Å²) in [5.41, 5.74) is 3.20. The average Bonchev–Trinajstić information content (AvgIpc) is 3.49. The fraction of sp³-hybridized carbons (Fsp3) is 0.282. The Hall–Kier alpha value is -6.24. The Balaban J connectivity index is 1.22. The number of nitrogens with zero attached hydrogens (tertiary/aromatic N) is 4. The molecule has 0 radical (unpaired) electrons. The number of ether oxygens (including phenoxy) is 3. The third-order valence-electron chi connectivity index (χ3n) is 8.68. The Morgan fingerprint density at radius 1 is 0.923 bits per heavy atom. The maximum Gasteiger partial charge on any atom is 0.412 e. The number of rotatable bonds is 15. The van der Waals surface area contributed by atoms with Crippen molar-refractivity contribution in [3.05, 3.63) is 108 Å². The molecule has 13 heteroatoms. The van der Waals surface area contributed by atoms with E-state index in [-0.39, 0.29) is 24.7 Å². The number of benzene rings is 3. The summed E-state index contributed by atoms with van der Waals surface area (Å²) in [6.45, 7) is 4.85. The Bertz CT molecular complexity index is 2010. The van der Waals surface area contributed by atoms with E-state index in [1.165, 1.54) is 12.0 Å². The number of esters is 1. The van der Waals surface area contributed by atoms with Gasteiger partial charge in [0.05, 0.1) is 37.7 Å². The standard InChI is InChI=1S/C39H43N7O6/c1-5-26(6-2)25-51-39(49)44-37(40)27-14-17-29(18-15-27)42-24-35-43-30-23-28(16-19-31(30)45(35)3)38(48)46(34-13-9-10-21-41-34)22-20-36(47)52-33-12-8-7-11-32(33)50-4/h7-19,21,23,26,42H,5-6,20,22,24-25H2,1-4H3,(H2,40,44,49). The summed E-state index contributed by atoms with van der Waals surface area (Å²) in [6, 6.07) is 24.5. The van der Waals surface area contributed by atoms with E-state index < -0.39 is 12.1 Å². The van der Waals surface area contributed by atoms with Crippen molar-refractivity contribution in [2.75, 3.05) is 30.5 Å². The first-order valence-corrected chi connectivity index (χ1v) is 17.1. The van der Waals surface area contributed by atoms with Crippen molar-refractivity contribution in [2.24, 2.45) is 13.0 Å². The minimum absolute atomic E-state index is 0.0377. The van der Waals surface area contributed by atoms with Crippen molar-refractivity contribution >= 4 is 46.3 Å². The van der Waals surface area contributed by atoms with Crippen molar-refractivity contribution in [2.45, 2.75) is 39.7 Å². The van der Waals surface area contributed by atoms with Crippen molar-refractivity contribution in [3.8, 4) is 11.5 Å². The molecule has 2 aromatic heterocycles. The topological polar surface area (TPSA) is 161 Å². The molecule has 270 valence electrons. The van der Waals surface area contributed by atoms with Gasteiger partial charge in [-0.25, -0.2) is 14.8 Å². The van der Waals surface area contributed by atoms with Gasteiger partial charge in [-0.3, -0.25) is 25.2 Å². The van der Waals surface area contributed by atoms with Crippen LogP contribution in [0.3, 0.4) is 0 Å². The number of amidine groups is 1. The van der Waals surface area contributed by atoms with Crippen LogP contribution in [-0.4, -0.2) is 58.6 Å². The molecule has 0 saturated carbocycles. The second-order valence-corrected chi connectivity index (χ2v) is 12.0. The molecule has 13 nitrogen and oxygen atoms in total. The number of carbonyl (C=O) groups excluding carboxylic acids is 3. The van der Waals surface area contributed by atoms with Gasteiger partial charge in [0.1, 0.15) is 17.5 Å². The highest BCUT2D eigenvalue weighted by molar-refractivity contribution is 6.07. The number of imidazole rings is 1. The number of aryl methyl sites for hydroxylation is 1. The van der Waals surface area contributed by atoms with Crippen molar-refractivity contribution in [1.29, 1.82) is 5.41 Å². The fourth-order valence-electron chi connectivity index (χ4n) is 5.47. The van der Waals surface area contributed by atoms with Crippen LogP contribution in [-0.2, 0) is 23.1 Å². The van der Waals surface area contributed by atoms with Crippen LogP contribution in [0.15, 0.2) is 91.1 Å². The largest absolute Gasteiger partial charge is 0.493 e. The lowest BCUT2D eigenvalue weighted by Crippen LogP contribution is -2.34. The molecule has 0 aliphatic heterocycles. The first-order valence-electron chi connectivity index (χ1n) is 17.1. The number of carbonyl (C=O) groups is 3. The van der Waals surface area contributed by atoms with E-state index in [0.717, 1.165) is 29.9 Å². The minimum Gasteiger partial charge on any atom is -0.493 e. The summed E-state index contributed by atoms with van der Waals surface area (Å²) in [6.07, 6.45) is 2.71. The highest BCUT2D eigenvalue weighted by Crippen LogP contribution is 2.27. The van der Waals surface area contributed by atoms with Gasteiger partial charge in [-0.15, -0.1) is 0 Å². The lowest BCUT2D eigenvalue weighted by molar-refractivity contribution is -0.134. The van der Waals surface area contributed by atoms with E-state index in [1.54, 1.807) is 72.9 Å². The molecule has 0 saturated heterocycles. The summed E-state index contributed by atoms with van der Waals surface area (Å²) >= 11 is 0. The molecule has 2 heterocycles. The summed E-state index contributed by atoms with van der Waals surface area (Å²) < 4.78 is 18.0. The third kappa shape index (κ3) is 9.30. The van der Waals surface area contributed by atoms with Crippen molar-refractivity contribution in [3.63, 3.8) is 0 Å². The molecule has 0 fully saturated rings. The molecule has 2 amide bonds. The monoisotopic (exact) mass is 705 g/mol. The Kier molecular flexibility index (Phi) is 12.5. The SMILES string of the molecule is CCC(CC)COC(=O)NC(=N)c1ccc(NCc2nc3cc(C(=O)N(CCC(=O)Oc4ccccc4OC)c4ccccn4)ccc3n2C)cc1. The smallest absolute Gasteiger partial charge is 0.412 e. The zero-order valence-corrected chi connectivity index (χ0v) is 29.7. The maximum absolute atomic E-state index is 13.9. The number of anilines is 2. The number of amides is 2. The second kappa shape index (κ2) is 17.6. The predicted molar refractivity (Wildman–Crippen MR) is 199 cm³/mol. The molecule has 52 heavy (non-hydrogen) atoms. The number of nitrogens with one attached hydrogen (secondary N) is 3. The zero-order valence-electron chi connectivity index (χ0n) is 29.7. The van der Waals surface area contributed by atoms with Crippen LogP contribution < -0.4 is 25.0 Å². The van der Waals surface area contributed by atoms with Gasteiger partial charge in [-0.1, -0.05) is 44.9 Å². The molecule has 0 aliphatic rings. The van der Waals surface area contributed by atoms with Gasteiger partial charge in [0.15, 0.2) is 11.5 Å². The van der Waals surface area contributed by atoms with E-state index in [1.807, 2.05) is 29.8 Å². The van der Waals surface area contributed by atoms with Crippen LogP contribution in [0.5, 0.6) is 11.5 Å². The van der Waals surface area contributed by atoms with Gasteiger partial charge in [0.25, 0.3) is 5.91 Å². The molecule has 3 aromatic carbocycles. The lowest BCUT2D eigenvalue weighted by atomic mass is 10.1. The summed E-state index contributed by atoms with van der Waals surface area (Å²) in [5.74, 6) is 1.26. The first-order chi connectivity index (χ1) is 25.2. The van der Waals surface area contributed by atoms with E-state index in [4.69, 9.17) is 24.6 Å². The lowest BCUT2D eigenvalue weighted by Gasteiger charge is -2.21. The van der Waals surface area contributed by atoms with Gasteiger partial charge in [-0.05, 0) is 72.6 Å². The maximum atomic E-state index is 13.9. The molecular formula is C39H43N7O6. The number of alkyl carbamates (subject to hydrolysis) is 1. The number of fused-ring (bicyclic) bond motifs is 1. The number of aromatic nitrogens is 3. The van der Waals surface area contributed by atoms with E-state index in [0.29, 0.717) is 53.0 Å². The Labute approximate surface area is 302 Å². The van der Waals surface area contributed by atoms with Crippen LogP contribution in [0.25, 0.3) is 11.0 Å². The molecule has 0 aliphatic carbocycles. The number of pyridine rings is 1.